The van der Waals surface area contributed by atoms with Gasteiger partial charge in [-0.25, -0.2) is 4.79 Å². The quantitative estimate of drug-likeness (QED) is 0.249. The van der Waals surface area contributed by atoms with E-state index in [9.17, 15) is 14.4 Å². The minimum absolute atomic E-state index is 0.0326. The van der Waals surface area contributed by atoms with Crippen LogP contribution in [0.15, 0.2) is 34.5 Å². The molecule has 1 N–H and O–H groups in total. The van der Waals surface area contributed by atoms with Crippen LogP contribution >= 0.6 is 23.2 Å². The van der Waals surface area contributed by atoms with Crippen LogP contribution in [-0.4, -0.2) is 70.2 Å². The number of halogens is 2. The number of rotatable bonds is 12. The van der Waals surface area contributed by atoms with Crippen molar-refractivity contribution in [3.8, 4) is 0 Å². The topological polar surface area (TPSA) is 113 Å². The third kappa shape index (κ3) is 7.51. The smallest absolute Gasteiger partial charge is 0.336 e. The molecule has 1 aliphatic rings. The van der Waals surface area contributed by atoms with Crippen molar-refractivity contribution in [2.75, 3.05) is 46.6 Å². The molecule has 0 saturated carbocycles. The number of carbonyl (C=O) groups excluding carboxylic acids is 3. The molecule has 0 saturated heterocycles. The molecular formula is C24H30Cl2N2O7. The highest BCUT2D eigenvalue weighted by molar-refractivity contribution is 6.42. The Morgan fingerprint density at radius 1 is 1.11 bits per heavy atom. The normalized spacial score (nSPS) is 17.6. The van der Waals surface area contributed by atoms with E-state index < -0.39 is 23.8 Å². The minimum atomic E-state index is -0.912. The average molecular weight is 529 g/mol. The van der Waals surface area contributed by atoms with Crippen LogP contribution < -0.4 is 5.32 Å². The van der Waals surface area contributed by atoms with Gasteiger partial charge in [0.25, 0.3) is 0 Å². The fourth-order valence-corrected chi connectivity index (χ4v) is 4.16. The van der Waals surface area contributed by atoms with Crippen molar-refractivity contribution in [2.45, 2.75) is 26.7 Å². The molecule has 0 bridgehead atoms. The SMILES string of the molecule is CCOC(=O)CNCCOCC1=C(C(=O)OCC)C(c2cccc(Cl)c2Cl)C(C(=O)OC)C(C)=N1. The van der Waals surface area contributed by atoms with Crippen molar-refractivity contribution in [3.05, 3.63) is 45.1 Å². The molecule has 2 atom stereocenters. The maximum Gasteiger partial charge on any atom is 0.336 e. The van der Waals surface area contributed by atoms with E-state index in [0.29, 0.717) is 30.1 Å². The van der Waals surface area contributed by atoms with Crippen LogP contribution in [0.25, 0.3) is 0 Å². The molecule has 2 unspecified atom stereocenters. The number of hydrogen-bond donors (Lipinski definition) is 1. The number of esters is 3. The number of hydrogen-bond acceptors (Lipinski definition) is 9. The summed E-state index contributed by atoms with van der Waals surface area (Å²) < 4.78 is 20.9. The molecule has 0 aliphatic carbocycles. The molecule has 11 heteroatoms. The van der Waals surface area contributed by atoms with Gasteiger partial charge in [-0.3, -0.25) is 14.6 Å². The van der Waals surface area contributed by atoms with Crippen molar-refractivity contribution >= 4 is 46.8 Å². The lowest BCUT2D eigenvalue weighted by Gasteiger charge is -2.32. The van der Waals surface area contributed by atoms with Crippen LogP contribution in [0.4, 0.5) is 0 Å². The third-order valence-electron chi connectivity index (χ3n) is 5.22. The number of benzene rings is 1. The summed E-state index contributed by atoms with van der Waals surface area (Å²) in [5.74, 6) is -3.33. The highest BCUT2D eigenvalue weighted by Gasteiger charge is 2.44. The molecule has 1 aromatic carbocycles. The number of ether oxygens (including phenoxy) is 4. The Hall–Kier alpha value is -2.46. The van der Waals surface area contributed by atoms with Crippen molar-refractivity contribution in [1.82, 2.24) is 5.32 Å². The van der Waals surface area contributed by atoms with Gasteiger partial charge in [0.15, 0.2) is 0 Å². The summed E-state index contributed by atoms with van der Waals surface area (Å²) in [7, 11) is 1.27. The molecule has 2 rings (SSSR count). The van der Waals surface area contributed by atoms with Crippen molar-refractivity contribution in [1.29, 1.82) is 0 Å². The molecule has 0 aromatic heterocycles. The van der Waals surface area contributed by atoms with Crippen LogP contribution in [-0.2, 0) is 33.3 Å². The minimum Gasteiger partial charge on any atom is -0.468 e. The first-order chi connectivity index (χ1) is 16.8. The second kappa shape index (κ2) is 14.2. The fraction of sp³-hybridized carbons (Fsp3) is 0.500. The van der Waals surface area contributed by atoms with E-state index in [1.165, 1.54) is 7.11 Å². The number of methoxy groups -OCH3 is 1. The van der Waals surface area contributed by atoms with Crippen molar-refractivity contribution in [2.24, 2.45) is 10.9 Å². The predicted molar refractivity (Wildman–Crippen MR) is 132 cm³/mol. The van der Waals surface area contributed by atoms with Gasteiger partial charge in [-0.2, -0.15) is 0 Å². The summed E-state index contributed by atoms with van der Waals surface area (Å²) >= 11 is 12.8. The van der Waals surface area contributed by atoms with E-state index >= 15 is 0 Å². The first kappa shape index (κ1) is 28.8. The Morgan fingerprint density at radius 3 is 2.49 bits per heavy atom. The maximum absolute atomic E-state index is 13.1. The van der Waals surface area contributed by atoms with Crippen molar-refractivity contribution < 1.29 is 33.3 Å². The zero-order valence-corrected chi connectivity index (χ0v) is 21.7. The highest BCUT2D eigenvalue weighted by Crippen LogP contribution is 2.44. The number of aliphatic imine (C=N–C) groups is 1. The number of nitrogens with one attached hydrogen (secondary N) is 1. The molecule has 1 aliphatic heterocycles. The van der Waals surface area contributed by atoms with E-state index in [0.717, 1.165) is 0 Å². The van der Waals surface area contributed by atoms with Crippen LogP contribution in [0, 0.1) is 5.92 Å². The molecule has 1 aromatic rings. The second-order valence-electron chi connectivity index (χ2n) is 7.49. The van der Waals surface area contributed by atoms with Gasteiger partial charge >= 0.3 is 17.9 Å². The van der Waals surface area contributed by atoms with E-state index in [1.807, 2.05) is 0 Å². The lowest BCUT2D eigenvalue weighted by Crippen LogP contribution is -2.37. The Labute approximate surface area is 214 Å². The third-order valence-corrected chi connectivity index (χ3v) is 6.05. The zero-order chi connectivity index (χ0) is 26.0. The van der Waals surface area contributed by atoms with E-state index in [4.69, 9.17) is 42.1 Å². The molecule has 0 spiro atoms. The Bertz CT molecular complexity index is 994. The Morgan fingerprint density at radius 2 is 1.83 bits per heavy atom. The van der Waals surface area contributed by atoms with Crippen LogP contribution in [0.1, 0.15) is 32.3 Å². The predicted octanol–water partition coefficient (Wildman–Crippen LogP) is 3.33. The van der Waals surface area contributed by atoms with Crippen molar-refractivity contribution in [3.63, 3.8) is 0 Å². The van der Waals surface area contributed by atoms with Gasteiger partial charge in [0.05, 0.1) is 61.4 Å². The van der Waals surface area contributed by atoms with Gasteiger partial charge < -0.3 is 24.3 Å². The van der Waals surface area contributed by atoms with Gasteiger partial charge in [0, 0.05) is 18.2 Å². The molecular weight excluding hydrogens is 499 g/mol. The van der Waals surface area contributed by atoms with Gasteiger partial charge in [0.1, 0.15) is 5.92 Å². The number of carbonyl (C=O) groups is 3. The Kier molecular flexibility index (Phi) is 11.7. The van der Waals surface area contributed by atoms with Gasteiger partial charge in [0.2, 0.25) is 0 Å². The zero-order valence-electron chi connectivity index (χ0n) is 20.2. The molecule has 1 heterocycles. The summed E-state index contributed by atoms with van der Waals surface area (Å²) in [6.07, 6.45) is 0. The second-order valence-corrected chi connectivity index (χ2v) is 8.28. The van der Waals surface area contributed by atoms with Crippen LogP contribution in [0.3, 0.4) is 0 Å². The molecule has 35 heavy (non-hydrogen) atoms. The summed E-state index contributed by atoms with van der Waals surface area (Å²) in [6, 6.07) is 5.00. The summed E-state index contributed by atoms with van der Waals surface area (Å²) in [5, 5.41) is 3.41. The lowest BCUT2D eigenvalue weighted by atomic mass is 9.75. The summed E-state index contributed by atoms with van der Waals surface area (Å²) in [6.45, 7) is 6.15. The monoisotopic (exact) mass is 528 g/mol. The maximum atomic E-state index is 13.1. The number of nitrogens with zero attached hydrogens (tertiary/aromatic N) is 1. The summed E-state index contributed by atoms with van der Waals surface area (Å²) in [5.41, 5.74) is 1.37. The molecule has 0 fully saturated rings. The molecule has 9 nitrogen and oxygen atoms in total. The van der Waals surface area contributed by atoms with E-state index in [1.54, 1.807) is 39.0 Å². The standard InChI is InChI=1S/C24H30Cl2N2O7/c1-5-34-18(29)12-27-10-11-33-13-17-21(24(31)35-6-2)20(15-8-7-9-16(25)22(15)26)19(14(3)28-17)23(30)32-4/h7-9,19-20,27H,5-6,10-13H2,1-4H3. The highest BCUT2D eigenvalue weighted by atomic mass is 35.5. The molecule has 0 amide bonds. The van der Waals surface area contributed by atoms with Crippen LogP contribution in [0.5, 0.6) is 0 Å². The molecule has 0 radical (unpaired) electrons. The Balaban J connectivity index is 2.38. The van der Waals surface area contributed by atoms with E-state index in [2.05, 4.69) is 10.3 Å². The van der Waals surface area contributed by atoms with E-state index in [-0.39, 0.29) is 48.0 Å². The van der Waals surface area contributed by atoms with Crippen LogP contribution in [0.2, 0.25) is 10.0 Å². The first-order valence-electron chi connectivity index (χ1n) is 11.2. The van der Waals surface area contributed by atoms with Gasteiger partial charge in [-0.05, 0) is 32.4 Å². The fourth-order valence-electron chi connectivity index (χ4n) is 3.74. The van der Waals surface area contributed by atoms with Gasteiger partial charge in [-0.1, -0.05) is 35.3 Å². The molecule has 192 valence electrons. The first-order valence-corrected chi connectivity index (χ1v) is 11.9. The summed E-state index contributed by atoms with van der Waals surface area (Å²) in [4.78, 5) is 41.8. The van der Waals surface area contributed by atoms with Gasteiger partial charge in [-0.15, -0.1) is 0 Å². The average Bonchev–Trinajstić information content (AvgIpc) is 2.82. The largest absolute Gasteiger partial charge is 0.468 e. The lowest BCUT2D eigenvalue weighted by molar-refractivity contribution is -0.144.